The average Bonchev–Trinajstić information content (AvgIpc) is 3.11. The zero-order valence-corrected chi connectivity index (χ0v) is 12.0. The summed E-state index contributed by atoms with van der Waals surface area (Å²) in [4.78, 5) is 2.49. The molecule has 0 radical (unpaired) electrons. The second-order valence-electron chi connectivity index (χ2n) is 5.59. The highest BCUT2D eigenvalue weighted by atomic mass is 16.3. The summed E-state index contributed by atoms with van der Waals surface area (Å²) < 4.78 is 7.37. The Balaban J connectivity index is 1.66. The SMILES string of the molecule is CCCn1cnnc1C1CCCN(Cc2ccoc2)C1. The fourth-order valence-corrected chi connectivity index (χ4v) is 3.04. The van der Waals surface area contributed by atoms with Gasteiger partial charge >= 0.3 is 0 Å². The number of aryl methyl sites for hydroxylation is 1. The average molecular weight is 274 g/mol. The predicted molar refractivity (Wildman–Crippen MR) is 76.3 cm³/mol. The molecule has 5 nitrogen and oxygen atoms in total. The maximum absolute atomic E-state index is 5.15. The van der Waals surface area contributed by atoms with Crippen LogP contribution in [0.25, 0.3) is 0 Å². The first-order valence-corrected chi connectivity index (χ1v) is 7.48. The van der Waals surface area contributed by atoms with Crippen molar-refractivity contribution in [2.24, 2.45) is 0 Å². The number of likely N-dealkylation sites (tertiary alicyclic amines) is 1. The normalized spacial score (nSPS) is 20.4. The number of aromatic nitrogens is 3. The molecule has 108 valence electrons. The zero-order valence-electron chi connectivity index (χ0n) is 12.0. The highest BCUT2D eigenvalue weighted by molar-refractivity contribution is 5.06. The van der Waals surface area contributed by atoms with Crippen molar-refractivity contribution in [2.75, 3.05) is 13.1 Å². The van der Waals surface area contributed by atoms with Gasteiger partial charge in [-0.15, -0.1) is 10.2 Å². The van der Waals surface area contributed by atoms with Gasteiger partial charge in [-0.25, -0.2) is 0 Å². The minimum absolute atomic E-state index is 0.504. The Morgan fingerprint density at radius 2 is 2.40 bits per heavy atom. The molecule has 1 saturated heterocycles. The first-order chi connectivity index (χ1) is 9.86. The smallest absolute Gasteiger partial charge is 0.137 e. The van der Waals surface area contributed by atoms with Crippen LogP contribution in [-0.4, -0.2) is 32.8 Å². The molecule has 1 fully saturated rings. The lowest BCUT2D eigenvalue weighted by atomic mass is 9.97. The van der Waals surface area contributed by atoms with Gasteiger partial charge in [0.05, 0.1) is 12.5 Å². The van der Waals surface area contributed by atoms with E-state index in [-0.39, 0.29) is 0 Å². The Bertz CT molecular complexity index is 520. The highest BCUT2D eigenvalue weighted by Crippen LogP contribution is 2.26. The van der Waals surface area contributed by atoms with Crippen molar-refractivity contribution in [3.8, 4) is 0 Å². The van der Waals surface area contributed by atoms with E-state index in [1.54, 1.807) is 6.26 Å². The van der Waals surface area contributed by atoms with E-state index in [4.69, 9.17) is 4.42 Å². The second kappa shape index (κ2) is 6.22. The van der Waals surface area contributed by atoms with Crippen molar-refractivity contribution in [3.05, 3.63) is 36.3 Å². The molecule has 3 rings (SSSR count). The van der Waals surface area contributed by atoms with E-state index in [1.165, 1.54) is 18.4 Å². The van der Waals surface area contributed by atoms with Gasteiger partial charge in [-0.05, 0) is 31.9 Å². The van der Waals surface area contributed by atoms with Gasteiger partial charge in [0.25, 0.3) is 0 Å². The van der Waals surface area contributed by atoms with Gasteiger partial charge in [-0.1, -0.05) is 6.92 Å². The largest absolute Gasteiger partial charge is 0.472 e. The number of hydrogen-bond donors (Lipinski definition) is 0. The maximum Gasteiger partial charge on any atom is 0.137 e. The molecule has 1 unspecified atom stereocenters. The van der Waals surface area contributed by atoms with Crippen molar-refractivity contribution in [2.45, 2.75) is 45.2 Å². The first-order valence-electron chi connectivity index (χ1n) is 7.48. The lowest BCUT2D eigenvalue weighted by Gasteiger charge is -2.32. The fraction of sp³-hybridized carbons (Fsp3) is 0.600. The van der Waals surface area contributed by atoms with Crippen LogP contribution in [0.5, 0.6) is 0 Å². The van der Waals surface area contributed by atoms with E-state index < -0.39 is 0 Å². The Kier molecular flexibility index (Phi) is 4.16. The Morgan fingerprint density at radius 3 is 3.20 bits per heavy atom. The van der Waals surface area contributed by atoms with Crippen LogP contribution in [0.1, 0.15) is 43.5 Å². The molecule has 0 N–H and O–H groups in total. The molecule has 3 heterocycles. The molecule has 1 aliphatic heterocycles. The monoisotopic (exact) mass is 274 g/mol. The van der Waals surface area contributed by atoms with Crippen LogP contribution in [-0.2, 0) is 13.1 Å². The zero-order chi connectivity index (χ0) is 13.8. The van der Waals surface area contributed by atoms with Crippen LogP contribution in [0.15, 0.2) is 29.3 Å². The van der Waals surface area contributed by atoms with E-state index in [2.05, 4.69) is 26.6 Å². The third kappa shape index (κ3) is 2.93. The molecule has 0 aliphatic carbocycles. The molecular formula is C15H22N4O. The van der Waals surface area contributed by atoms with Crippen LogP contribution in [0.2, 0.25) is 0 Å². The quantitative estimate of drug-likeness (QED) is 0.841. The summed E-state index contributed by atoms with van der Waals surface area (Å²) in [5.74, 6) is 1.66. The number of hydrogen-bond acceptors (Lipinski definition) is 4. The molecule has 2 aromatic heterocycles. The molecule has 5 heteroatoms. The van der Waals surface area contributed by atoms with E-state index in [1.807, 2.05) is 18.7 Å². The van der Waals surface area contributed by atoms with Gasteiger partial charge in [0.2, 0.25) is 0 Å². The number of furan rings is 1. The van der Waals surface area contributed by atoms with Gasteiger partial charge < -0.3 is 8.98 Å². The summed E-state index contributed by atoms with van der Waals surface area (Å²) >= 11 is 0. The molecule has 0 bridgehead atoms. The van der Waals surface area contributed by atoms with Crippen LogP contribution < -0.4 is 0 Å². The molecule has 0 amide bonds. The van der Waals surface area contributed by atoms with Gasteiger partial charge in [0.15, 0.2) is 0 Å². The summed E-state index contributed by atoms with van der Waals surface area (Å²) in [5.41, 5.74) is 1.25. The predicted octanol–water partition coefficient (Wildman–Crippen LogP) is 2.66. The summed E-state index contributed by atoms with van der Waals surface area (Å²) in [6, 6.07) is 2.04. The van der Waals surface area contributed by atoms with Crippen molar-refractivity contribution in [3.63, 3.8) is 0 Å². The van der Waals surface area contributed by atoms with Crippen LogP contribution >= 0.6 is 0 Å². The molecule has 1 atom stereocenters. The third-order valence-corrected chi connectivity index (χ3v) is 3.97. The summed E-state index contributed by atoms with van der Waals surface area (Å²) in [7, 11) is 0. The molecule has 20 heavy (non-hydrogen) atoms. The fourth-order valence-electron chi connectivity index (χ4n) is 3.04. The Labute approximate surface area is 119 Å². The lowest BCUT2D eigenvalue weighted by molar-refractivity contribution is 0.194. The topological polar surface area (TPSA) is 47.1 Å². The summed E-state index contributed by atoms with van der Waals surface area (Å²) in [6.45, 7) is 6.39. The van der Waals surface area contributed by atoms with Crippen LogP contribution in [0.3, 0.4) is 0 Å². The van der Waals surface area contributed by atoms with Gasteiger partial charge in [-0.2, -0.15) is 0 Å². The molecule has 0 aromatic carbocycles. The van der Waals surface area contributed by atoms with Gasteiger partial charge in [0.1, 0.15) is 12.2 Å². The maximum atomic E-state index is 5.15. The standard InChI is InChI=1S/C15H22N4O/c1-2-6-19-12-16-17-15(19)14-4-3-7-18(10-14)9-13-5-8-20-11-13/h5,8,11-12,14H,2-4,6-7,9-10H2,1H3. The van der Waals surface area contributed by atoms with E-state index >= 15 is 0 Å². The molecule has 0 spiro atoms. The van der Waals surface area contributed by atoms with E-state index in [0.29, 0.717) is 5.92 Å². The Hall–Kier alpha value is -1.62. The Morgan fingerprint density at radius 1 is 1.45 bits per heavy atom. The van der Waals surface area contributed by atoms with Crippen molar-refractivity contribution < 1.29 is 4.42 Å². The number of rotatable bonds is 5. The minimum atomic E-state index is 0.504. The summed E-state index contributed by atoms with van der Waals surface area (Å²) in [5, 5.41) is 8.45. The molecule has 1 aliphatic rings. The molecular weight excluding hydrogens is 252 g/mol. The number of nitrogens with zero attached hydrogens (tertiary/aromatic N) is 4. The number of piperidine rings is 1. The molecule has 2 aromatic rings. The van der Waals surface area contributed by atoms with E-state index in [9.17, 15) is 0 Å². The van der Waals surface area contributed by atoms with Gasteiger partial charge in [0, 0.05) is 31.1 Å². The minimum Gasteiger partial charge on any atom is -0.472 e. The van der Waals surface area contributed by atoms with Crippen molar-refractivity contribution in [1.29, 1.82) is 0 Å². The highest BCUT2D eigenvalue weighted by Gasteiger charge is 2.25. The lowest BCUT2D eigenvalue weighted by Crippen LogP contribution is -2.34. The second-order valence-corrected chi connectivity index (χ2v) is 5.59. The molecule has 0 saturated carbocycles. The van der Waals surface area contributed by atoms with Crippen molar-refractivity contribution in [1.82, 2.24) is 19.7 Å². The van der Waals surface area contributed by atoms with E-state index in [0.717, 1.165) is 38.4 Å². The van der Waals surface area contributed by atoms with Gasteiger partial charge in [-0.3, -0.25) is 4.90 Å². The van der Waals surface area contributed by atoms with Crippen LogP contribution in [0.4, 0.5) is 0 Å². The van der Waals surface area contributed by atoms with Crippen molar-refractivity contribution >= 4 is 0 Å². The first kappa shape index (κ1) is 13.4. The van der Waals surface area contributed by atoms with Crippen LogP contribution in [0, 0.1) is 0 Å². The third-order valence-electron chi connectivity index (χ3n) is 3.97. The summed E-state index contributed by atoms with van der Waals surface area (Å²) in [6.07, 6.45) is 9.01.